The Labute approximate surface area is 106 Å². The number of ether oxygens (including phenoxy) is 1. The molecule has 0 saturated carbocycles. The highest BCUT2D eigenvalue weighted by Crippen LogP contribution is 2.38. The first-order valence-electron chi connectivity index (χ1n) is 5.62. The van der Waals surface area contributed by atoms with Crippen molar-refractivity contribution in [3.05, 3.63) is 18.2 Å². The summed E-state index contributed by atoms with van der Waals surface area (Å²) in [4.78, 5) is 7.68. The van der Waals surface area contributed by atoms with Gasteiger partial charge in [0.1, 0.15) is 24.2 Å². The van der Waals surface area contributed by atoms with Crippen LogP contribution in [-0.4, -0.2) is 55.2 Å². The lowest BCUT2D eigenvalue weighted by Gasteiger charge is -2.22. The number of hydrogen-bond acceptors (Lipinski definition) is 7. The predicted octanol–water partition coefficient (Wildman–Crippen LogP) is -1.38. The molecule has 8 nitrogen and oxygen atoms in total. The van der Waals surface area contributed by atoms with E-state index in [1.54, 1.807) is 0 Å². The van der Waals surface area contributed by atoms with Gasteiger partial charge in [0.2, 0.25) is 5.67 Å². The molecule has 0 aromatic carbocycles. The first-order valence-corrected chi connectivity index (χ1v) is 5.62. The van der Waals surface area contributed by atoms with E-state index >= 15 is 0 Å². The van der Waals surface area contributed by atoms with Gasteiger partial charge in [0, 0.05) is 0 Å². The molecule has 1 unspecified atom stereocenters. The number of aliphatic hydroxyl groups is 2. The number of alkyl halides is 1. The molecule has 0 bridgehead atoms. The van der Waals surface area contributed by atoms with E-state index in [-0.39, 0.29) is 17.2 Å². The fourth-order valence-corrected chi connectivity index (χ4v) is 2.20. The smallest absolute Gasteiger partial charge is 0.205 e. The molecule has 0 aliphatic carbocycles. The van der Waals surface area contributed by atoms with Gasteiger partial charge in [0.05, 0.1) is 19.4 Å². The van der Waals surface area contributed by atoms with Gasteiger partial charge in [0.15, 0.2) is 11.5 Å². The van der Waals surface area contributed by atoms with Crippen molar-refractivity contribution in [2.45, 2.75) is 17.9 Å². The van der Waals surface area contributed by atoms with E-state index in [9.17, 15) is 9.50 Å². The second-order valence-electron chi connectivity index (χ2n) is 4.36. The Bertz CT molecular complexity index is 620. The van der Waals surface area contributed by atoms with E-state index in [2.05, 4.69) is 15.1 Å². The van der Waals surface area contributed by atoms with Crippen molar-refractivity contribution < 1.29 is 19.3 Å². The lowest BCUT2D eigenvalue weighted by molar-refractivity contribution is -0.0168. The number of aliphatic hydroxyl groups excluding tert-OH is 2. The van der Waals surface area contributed by atoms with Crippen molar-refractivity contribution in [3.63, 3.8) is 0 Å². The standard InChI is InChI=1S/C10H12FN5O3/c11-10(3-19-5(2-17)7(10)18)6-1-13-9-8(12)14-4-15-16(6)9/h1,4-5,7,17-18H,2-3H2,(H2,12,14,15)/t5-,7-,10?/m1/s1. The molecule has 3 atom stereocenters. The molecular weight excluding hydrogens is 257 g/mol. The molecule has 19 heavy (non-hydrogen) atoms. The summed E-state index contributed by atoms with van der Waals surface area (Å²) in [6, 6.07) is 0. The van der Waals surface area contributed by atoms with Crippen molar-refractivity contribution in [3.8, 4) is 0 Å². The number of hydrogen-bond donors (Lipinski definition) is 3. The fourth-order valence-electron chi connectivity index (χ4n) is 2.20. The van der Waals surface area contributed by atoms with Gasteiger partial charge >= 0.3 is 0 Å². The number of halogens is 1. The van der Waals surface area contributed by atoms with Crippen LogP contribution in [0.4, 0.5) is 10.2 Å². The summed E-state index contributed by atoms with van der Waals surface area (Å²) in [6.45, 7) is -0.863. The maximum Gasteiger partial charge on any atom is 0.205 e. The minimum absolute atomic E-state index is 0.0139. The molecular formula is C10H12FN5O3. The molecule has 0 spiro atoms. The molecule has 1 fully saturated rings. The van der Waals surface area contributed by atoms with Gasteiger partial charge in [-0.1, -0.05) is 0 Å². The number of rotatable bonds is 2. The third-order valence-corrected chi connectivity index (χ3v) is 3.27. The molecule has 4 N–H and O–H groups in total. The van der Waals surface area contributed by atoms with Crippen molar-refractivity contribution >= 4 is 11.5 Å². The molecule has 0 amide bonds. The van der Waals surface area contributed by atoms with Crippen LogP contribution in [0.25, 0.3) is 5.65 Å². The number of anilines is 1. The third kappa shape index (κ3) is 1.59. The summed E-state index contributed by atoms with van der Waals surface area (Å²) in [5.74, 6) is 0.108. The normalized spacial score (nSPS) is 31.1. The summed E-state index contributed by atoms with van der Waals surface area (Å²) in [5.41, 5.74) is 3.62. The molecule has 102 valence electrons. The number of nitrogens with two attached hydrogens (primary N) is 1. The van der Waals surface area contributed by atoms with E-state index in [4.69, 9.17) is 15.6 Å². The van der Waals surface area contributed by atoms with E-state index in [1.807, 2.05) is 0 Å². The van der Waals surface area contributed by atoms with Crippen LogP contribution in [0.5, 0.6) is 0 Å². The molecule has 3 heterocycles. The average molecular weight is 269 g/mol. The highest BCUT2D eigenvalue weighted by atomic mass is 19.1. The van der Waals surface area contributed by atoms with Gasteiger partial charge < -0.3 is 20.7 Å². The van der Waals surface area contributed by atoms with E-state index in [0.29, 0.717) is 0 Å². The van der Waals surface area contributed by atoms with Crippen molar-refractivity contribution in [2.75, 3.05) is 18.9 Å². The van der Waals surface area contributed by atoms with Crippen molar-refractivity contribution in [1.29, 1.82) is 0 Å². The van der Waals surface area contributed by atoms with Gasteiger partial charge in [0.25, 0.3) is 0 Å². The van der Waals surface area contributed by atoms with Crippen molar-refractivity contribution in [2.24, 2.45) is 0 Å². The molecule has 2 aromatic rings. The Hall–Kier alpha value is -1.84. The largest absolute Gasteiger partial charge is 0.394 e. The van der Waals surface area contributed by atoms with Gasteiger partial charge in [-0.25, -0.2) is 18.9 Å². The Morgan fingerprint density at radius 1 is 1.58 bits per heavy atom. The molecule has 1 saturated heterocycles. The zero-order valence-electron chi connectivity index (χ0n) is 9.77. The summed E-state index contributed by atoms with van der Waals surface area (Å²) in [5, 5.41) is 22.8. The van der Waals surface area contributed by atoms with Gasteiger partial charge in [-0.05, 0) is 0 Å². The number of nitrogen functional groups attached to an aromatic ring is 1. The lowest BCUT2D eigenvalue weighted by atomic mass is 9.95. The Balaban J connectivity index is 2.12. The molecule has 9 heteroatoms. The minimum atomic E-state index is -2.20. The molecule has 0 radical (unpaired) electrons. The second kappa shape index (κ2) is 4.08. The molecule has 2 aromatic heterocycles. The van der Waals surface area contributed by atoms with Crippen LogP contribution in [0.2, 0.25) is 0 Å². The predicted molar refractivity (Wildman–Crippen MR) is 60.8 cm³/mol. The fraction of sp³-hybridized carbons (Fsp3) is 0.500. The summed E-state index contributed by atoms with van der Waals surface area (Å²) in [7, 11) is 0. The maximum atomic E-state index is 14.9. The maximum absolute atomic E-state index is 14.9. The van der Waals surface area contributed by atoms with E-state index in [0.717, 1.165) is 0 Å². The van der Waals surface area contributed by atoms with Gasteiger partial charge in [-0.15, -0.1) is 0 Å². The molecule has 1 aliphatic heterocycles. The second-order valence-corrected chi connectivity index (χ2v) is 4.36. The Morgan fingerprint density at radius 2 is 2.37 bits per heavy atom. The zero-order chi connectivity index (χ0) is 13.6. The van der Waals surface area contributed by atoms with Crippen LogP contribution < -0.4 is 5.73 Å². The van der Waals surface area contributed by atoms with E-state index < -0.39 is 31.1 Å². The quantitative estimate of drug-likeness (QED) is 0.615. The van der Waals surface area contributed by atoms with Crippen LogP contribution in [0.1, 0.15) is 5.69 Å². The van der Waals surface area contributed by atoms with Crippen LogP contribution >= 0.6 is 0 Å². The van der Waals surface area contributed by atoms with E-state index in [1.165, 1.54) is 17.0 Å². The topological polar surface area (TPSA) is 119 Å². The SMILES string of the molecule is Nc1ncnn2c(C3(F)CO[C@H](CO)[C@H]3O)cnc12. The summed E-state index contributed by atoms with van der Waals surface area (Å²) in [6.07, 6.45) is -0.0849. The monoisotopic (exact) mass is 269 g/mol. The highest BCUT2D eigenvalue weighted by Gasteiger charge is 2.53. The molecule has 1 aliphatic rings. The van der Waals surface area contributed by atoms with Crippen LogP contribution in [0, 0.1) is 0 Å². The molecule has 3 rings (SSSR count). The first kappa shape index (κ1) is 12.2. The highest BCUT2D eigenvalue weighted by molar-refractivity contribution is 5.59. The van der Waals surface area contributed by atoms with Crippen LogP contribution in [0.3, 0.4) is 0 Å². The Kier molecular flexibility index (Phi) is 2.62. The number of aromatic nitrogens is 4. The average Bonchev–Trinajstić information content (AvgIpc) is 2.95. The number of imidazole rings is 1. The zero-order valence-corrected chi connectivity index (χ0v) is 9.77. The lowest BCUT2D eigenvalue weighted by Crippen LogP contribution is -2.39. The van der Waals surface area contributed by atoms with Crippen LogP contribution in [0.15, 0.2) is 12.5 Å². The number of nitrogens with zero attached hydrogens (tertiary/aromatic N) is 4. The summed E-state index contributed by atoms with van der Waals surface area (Å²) >= 11 is 0. The van der Waals surface area contributed by atoms with Gasteiger partial charge in [-0.3, -0.25) is 0 Å². The third-order valence-electron chi connectivity index (χ3n) is 3.27. The first-order chi connectivity index (χ1) is 9.08. The minimum Gasteiger partial charge on any atom is -0.394 e. The van der Waals surface area contributed by atoms with Crippen molar-refractivity contribution in [1.82, 2.24) is 19.6 Å². The van der Waals surface area contributed by atoms with Crippen LogP contribution in [-0.2, 0) is 10.4 Å². The number of fused-ring (bicyclic) bond motifs is 1. The van der Waals surface area contributed by atoms with Gasteiger partial charge in [-0.2, -0.15) is 5.10 Å². The summed E-state index contributed by atoms with van der Waals surface area (Å²) < 4.78 is 21.1. The Morgan fingerprint density at radius 3 is 3.05 bits per heavy atom.